The van der Waals surface area contributed by atoms with Gasteiger partial charge in [0.05, 0.1) is 13.2 Å². The van der Waals surface area contributed by atoms with E-state index >= 15 is 0 Å². The van der Waals surface area contributed by atoms with Crippen molar-refractivity contribution in [1.29, 1.82) is 0 Å². The largest absolute Gasteiger partial charge is 0.399 e. The molecule has 0 radical (unpaired) electrons. The highest BCUT2D eigenvalue weighted by atomic mass is 19.1. The van der Waals surface area contributed by atoms with Gasteiger partial charge in [-0.1, -0.05) is 0 Å². The zero-order valence-electron chi connectivity index (χ0n) is 11.6. The highest BCUT2D eigenvalue weighted by Crippen LogP contribution is 2.10. The number of morpholine rings is 1. The van der Waals surface area contributed by atoms with Gasteiger partial charge in [0.1, 0.15) is 5.82 Å². The minimum absolute atomic E-state index is 0.0302. The van der Waals surface area contributed by atoms with Gasteiger partial charge in [0.15, 0.2) is 0 Å². The van der Waals surface area contributed by atoms with E-state index in [2.05, 4.69) is 5.32 Å². The molecule has 1 aliphatic heterocycles. The minimum atomic E-state index is -0.565. The molecule has 1 aromatic carbocycles. The lowest BCUT2D eigenvalue weighted by atomic mass is 10.2. The highest BCUT2D eigenvalue weighted by Gasteiger charge is 2.16. The fourth-order valence-corrected chi connectivity index (χ4v) is 2.10. The van der Waals surface area contributed by atoms with Crippen LogP contribution >= 0.6 is 0 Å². The topological polar surface area (TPSA) is 84.7 Å². The summed E-state index contributed by atoms with van der Waals surface area (Å²) < 4.78 is 18.3. The predicted octanol–water partition coefficient (Wildman–Crippen LogP) is 0.387. The second-order valence-electron chi connectivity index (χ2n) is 4.77. The number of anilines is 1. The van der Waals surface area contributed by atoms with Crippen LogP contribution in [0.2, 0.25) is 0 Å². The molecule has 2 amide bonds. The first kappa shape index (κ1) is 15.2. The predicted molar refractivity (Wildman–Crippen MR) is 75.2 cm³/mol. The number of carbonyl (C=O) groups is 2. The average molecular weight is 295 g/mol. The molecule has 0 saturated carbocycles. The van der Waals surface area contributed by atoms with Gasteiger partial charge >= 0.3 is 0 Å². The molecule has 0 atom stereocenters. The Morgan fingerprint density at radius 1 is 1.29 bits per heavy atom. The number of amides is 2. The Balaban J connectivity index is 1.79. The molecule has 3 N–H and O–H groups in total. The smallest absolute Gasteiger partial charge is 0.251 e. The Hall–Kier alpha value is -2.15. The molecule has 0 bridgehead atoms. The fourth-order valence-electron chi connectivity index (χ4n) is 2.10. The molecule has 0 spiro atoms. The summed E-state index contributed by atoms with van der Waals surface area (Å²) in [5.41, 5.74) is 5.81. The van der Waals surface area contributed by atoms with E-state index < -0.39 is 11.7 Å². The molecule has 7 heteroatoms. The van der Waals surface area contributed by atoms with Crippen LogP contribution in [-0.4, -0.2) is 49.6 Å². The van der Waals surface area contributed by atoms with E-state index in [1.807, 2.05) is 0 Å². The number of hydrogen-bond acceptors (Lipinski definition) is 4. The second-order valence-corrected chi connectivity index (χ2v) is 4.77. The summed E-state index contributed by atoms with van der Waals surface area (Å²) in [6.45, 7) is 2.44. The molecule has 0 aromatic heterocycles. The number of ether oxygens (including phenoxy) is 1. The molecule has 21 heavy (non-hydrogen) atoms. The van der Waals surface area contributed by atoms with Crippen molar-refractivity contribution in [2.24, 2.45) is 0 Å². The first-order valence-corrected chi connectivity index (χ1v) is 6.76. The van der Waals surface area contributed by atoms with Crippen LogP contribution in [0.1, 0.15) is 16.8 Å². The minimum Gasteiger partial charge on any atom is -0.399 e. The van der Waals surface area contributed by atoms with Crippen molar-refractivity contribution in [3.8, 4) is 0 Å². The average Bonchev–Trinajstić information content (AvgIpc) is 2.47. The zero-order chi connectivity index (χ0) is 15.2. The number of rotatable bonds is 4. The van der Waals surface area contributed by atoms with Crippen molar-refractivity contribution in [3.05, 3.63) is 29.6 Å². The van der Waals surface area contributed by atoms with Gasteiger partial charge in [-0.15, -0.1) is 0 Å². The third-order valence-electron chi connectivity index (χ3n) is 3.17. The van der Waals surface area contributed by atoms with Crippen LogP contribution in [0.25, 0.3) is 0 Å². The lowest BCUT2D eigenvalue weighted by Crippen LogP contribution is -2.42. The van der Waals surface area contributed by atoms with Gasteiger partial charge in [-0.05, 0) is 18.2 Å². The van der Waals surface area contributed by atoms with Gasteiger partial charge in [-0.2, -0.15) is 0 Å². The van der Waals surface area contributed by atoms with Gasteiger partial charge in [0.25, 0.3) is 5.91 Å². The van der Waals surface area contributed by atoms with E-state index in [-0.39, 0.29) is 30.1 Å². The van der Waals surface area contributed by atoms with E-state index in [0.717, 1.165) is 12.1 Å². The monoisotopic (exact) mass is 295 g/mol. The van der Waals surface area contributed by atoms with E-state index in [9.17, 15) is 14.0 Å². The van der Waals surface area contributed by atoms with Crippen LogP contribution in [0.3, 0.4) is 0 Å². The lowest BCUT2D eigenvalue weighted by molar-refractivity contribution is -0.135. The number of nitrogens with one attached hydrogen (secondary N) is 1. The summed E-state index contributed by atoms with van der Waals surface area (Å²) in [7, 11) is 0. The third kappa shape index (κ3) is 4.42. The maximum Gasteiger partial charge on any atom is 0.251 e. The molecule has 1 heterocycles. The molecule has 1 fully saturated rings. The van der Waals surface area contributed by atoms with Crippen LogP contribution in [0.5, 0.6) is 0 Å². The quantitative estimate of drug-likeness (QED) is 0.787. The summed E-state index contributed by atoms with van der Waals surface area (Å²) in [6.07, 6.45) is 0.205. The van der Waals surface area contributed by atoms with Crippen molar-refractivity contribution in [2.45, 2.75) is 6.42 Å². The van der Waals surface area contributed by atoms with Gasteiger partial charge in [-0.3, -0.25) is 9.59 Å². The van der Waals surface area contributed by atoms with Crippen molar-refractivity contribution < 1.29 is 18.7 Å². The number of halogens is 1. The van der Waals surface area contributed by atoms with E-state index in [4.69, 9.17) is 10.5 Å². The lowest BCUT2D eigenvalue weighted by Gasteiger charge is -2.26. The molecule has 1 aliphatic rings. The molecule has 1 saturated heterocycles. The number of hydrogen-bond donors (Lipinski definition) is 2. The van der Waals surface area contributed by atoms with Gasteiger partial charge in [0.2, 0.25) is 5.91 Å². The molecular weight excluding hydrogens is 277 g/mol. The van der Waals surface area contributed by atoms with Crippen molar-refractivity contribution in [2.75, 3.05) is 38.6 Å². The SMILES string of the molecule is Nc1cc(F)cc(C(=O)NCCC(=O)N2CCOCC2)c1. The summed E-state index contributed by atoms with van der Waals surface area (Å²) in [5, 5.41) is 2.58. The Labute approximate surface area is 122 Å². The number of nitrogens with two attached hydrogens (primary N) is 1. The molecular formula is C14H18FN3O3. The molecule has 0 aliphatic carbocycles. The Bertz CT molecular complexity index is 510. The van der Waals surface area contributed by atoms with Crippen LogP contribution in [0, 0.1) is 5.82 Å². The van der Waals surface area contributed by atoms with Crippen LogP contribution < -0.4 is 11.1 Å². The molecule has 2 rings (SSSR count). The highest BCUT2D eigenvalue weighted by molar-refractivity contribution is 5.95. The first-order valence-electron chi connectivity index (χ1n) is 6.76. The van der Waals surface area contributed by atoms with Crippen molar-refractivity contribution in [1.82, 2.24) is 10.2 Å². The summed E-state index contributed by atoms with van der Waals surface area (Å²) >= 11 is 0. The Kier molecular flexibility index (Phi) is 5.10. The van der Waals surface area contributed by atoms with E-state index in [0.29, 0.717) is 26.3 Å². The fraction of sp³-hybridized carbons (Fsp3) is 0.429. The molecule has 6 nitrogen and oxygen atoms in total. The zero-order valence-corrected chi connectivity index (χ0v) is 11.6. The maximum absolute atomic E-state index is 13.1. The second kappa shape index (κ2) is 7.03. The molecule has 1 aromatic rings. The van der Waals surface area contributed by atoms with Crippen LogP contribution in [-0.2, 0) is 9.53 Å². The van der Waals surface area contributed by atoms with Crippen LogP contribution in [0.4, 0.5) is 10.1 Å². The third-order valence-corrected chi connectivity index (χ3v) is 3.17. The molecule has 0 unspecified atom stereocenters. The van der Waals surface area contributed by atoms with Gasteiger partial charge < -0.3 is 20.7 Å². The van der Waals surface area contributed by atoms with Crippen molar-refractivity contribution >= 4 is 17.5 Å². The maximum atomic E-state index is 13.1. The summed E-state index contributed by atoms with van der Waals surface area (Å²) in [5.74, 6) is -1.04. The summed E-state index contributed by atoms with van der Waals surface area (Å²) in [4.78, 5) is 25.4. The standard InChI is InChI=1S/C14H18FN3O3/c15-11-7-10(8-12(16)9-11)14(20)17-2-1-13(19)18-3-5-21-6-4-18/h7-9H,1-6,16H2,(H,17,20). The first-order chi connectivity index (χ1) is 10.1. The Morgan fingerprint density at radius 3 is 2.67 bits per heavy atom. The van der Waals surface area contributed by atoms with Crippen LogP contribution in [0.15, 0.2) is 18.2 Å². The Morgan fingerprint density at radius 2 is 2.00 bits per heavy atom. The number of nitrogen functional groups attached to an aromatic ring is 1. The number of carbonyl (C=O) groups excluding carboxylic acids is 2. The van der Waals surface area contributed by atoms with Gasteiger partial charge in [0, 0.05) is 37.3 Å². The summed E-state index contributed by atoms with van der Waals surface area (Å²) in [6, 6.07) is 3.64. The molecule has 114 valence electrons. The van der Waals surface area contributed by atoms with E-state index in [1.165, 1.54) is 6.07 Å². The normalized spacial score (nSPS) is 14.8. The number of benzene rings is 1. The van der Waals surface area contributed by atoms with Crippen molar-refractivity contribution in [3.63, 3.8) is 0 Å². The van der Waals surface area contributed by atoms with E-state index in [1.54, 1.807) is 4.90 Å². The number of nitrogens with zero attached hydrogens (tertiary/aromatic N) is 1. The van der Waals surface area contributed by atoms with Gasteiger partial charge in [-0.25, -0.2) is 4.39 Å².